The molecule has 1 aliphatic heterocycles. The number of Topliss-reactive ketones (excluding diaryl/α,β-unsaturated/α-hetero) is 1. The number of carbonyl (C=O) groups excluding carboxylic acids is 1. The van der Waals surface area contributed by atoms with Crippen molar-refractivity contribution in [1.29, 1.82) is 0 Å². The molecule has 1 heterocycles. The van der Waals surface area contributed by atoms with Gasteiger partial charge in [0.25, 0.3) is 0 Å². The fraction of sp³-hybridized carbons (Fsp3) is 0.944. The van der Waals surface area contributed by atoms with Crippen LogP contribution in [0, 0.1) is 5.92 Å². The van der Waals surface area contributed by atoms with E-state index in [-0.39, 0.29) is 0 Å². The summed E-state index contributed by atoms with van der Waals surface area (Å²) in [5, 5.41) is 3.78. The number of ketones is 1. The zero-order valence-corrected chi connectivity index (χ0v) is 13.3. The summed E-state index contributed by atoms with van der Waals surface area (Å²) in [5.74, 6) is 0.912. The van der Waals surface area contributed by atoms with Gasteiger partial charge >= 0.3 is 0 Å². The van der Waals surface area contributed by atoms with Crippen molar-refractivity contribution >= 4 is 5.78 Å². The Bertz CT molecular complexity index is 289. The lowest BCUT2D eigenvalue weighted by atomic mass is 9.76. The highest BCUT2D eigenvalue weighted by Crippen LogP contribution is 2.31. The minimum Gasteiger partial charge on any atom is -0.310 e. The van der Waals surface area contributed by atoms with E-state index in [9.17, 15) is 4.79 Å². The van der Waals surface area contributed by atoms with Gasteiger partial charge in [-0.05, 0) is 19.3 Å². The fourth-order valence-electron chi connectivity index (χ4n) is 4.00. The average Bonchev–Trinajstić information content (AvgIpc) is 2.46. The molecule has 2 fully saturated rings. The summed E-state index contributed by atoms with van der Waals surface area (Å²) in [6, 6.07) is 0.997. The van der Waals surface area contributed by atoms with Crippen LogP contribution in [-0.2, 0) is 4.79 Å². The highest BCUT2D eigenvalue weighted by molar-refractivity contribution is 5.83. The average molecular weight is 279 g/mol. The molecule has 20 heavy (non-hydrogen) atoms. The molecule has 2 rings (SSSR count). The van der Waals surface area contributed by atoms with Gasteiger partial charge in [-0.15, -0.1) is 0 Å². The van der Waals surface area contributed by atoms with Crippen LogP contribution in [0.1, 0.15) is 90.4 Å². The molecule has 3 atom stereocenters. The summed E-state index contributed by atoms with van der Waals surface area (Å²) in [6.07, 6.45) is 16.5. The number of unbranched alkanes of at least 4 members (excludes halogenated alkanes) is 6. The van der Waals surface area contributed by atoms with Crippen molar-refractivity contribution in [2.75, 3.05) is 0 Å². The fourth-order valence-corrected chi connectivity index (χ4v) is 4.00. The van der Waals surface area contributed by atoms with E-state index in [1.54, 1.807) is 0 Å². The molecule has 3 unspecified atom stereocenters. The highest BCUT2D eigenvalue weighted by Gasteiger charge is 2.36. The van der Waals surface area contributed by atoms with Crippen molar-refractivity contribution < 1.29 is 4.79 Å². The van der Waals surface area contributed by atoms with Gasteiger partial charge in [-0.2, -0.15) is 0 Å². The SMILES string of the molecule is CCCCCCCCCC1CC(=O)C2CCCCC2N1. The quantitative estimate of drug-likeness (QED) is 0.657. The maximum Gasteiger partial charge on any atom is 0.139 e. The molecule has 0 aromatic heterocycles. The van der Waals surface area contributed by atoms with Gasteiger partial charge in [-0.25, -0.2) is 0 Å². The Morgan fingerprint density at radius 1 is 1.00 bits per heavy atom. The van der Waals surface area contributed by atoms with E-state index < -0.39 is 0 Å². The van der Waals surface area contributed by atoms with Crippen molar-refractivity contribution in [3.63, 3.8) is 0 Å². The van der Waals surface area contributed by atoms with Crippen LogP contribution in [0.5, 0.6) is 0 Å². The second kappa shape index (κ2) is 8.81. The van der Waals surface area contributed by atoms with Crippen molar-refractivity contribution in [2.24, 2.45) is 5.92 Å². The maximum atomic E-state index is 12.2. The van der Waals surface area contributed by atoms with Gasteiger partial charge in [0.1, 0.15) is 5.78 Å². The van der Waals surface area contributed by atoms with Crippen LogP contribution in [-0.4, -0.2) is 17.9 Å². The minimum atomic E-state index is 0.356. The first kappa shape index (κ1) is 16.0. The molecular weight excluding hydrogens is 246 g/mol. The summed E-state index contributed by atoms with van der Waals surface area (Å²) in [6.45, 7) is 2.27. The van der Waals surface area contributed by atoms with E-state index in [0.717, 1.165) is 12.8 Å². The van der Waals surface area contributed by atoms with Crippen LogP contribution >= 0.6 is 0 Å². The second-order valence-corrected chi connectivity index (χ2v) is 6.94. The number of hydrogen-bond acceptors (Lipinski definition) is 2. The first-order valence-electron chi connectivity index (χ1n) is 9.10. The van der Waals surface area contributed by atoms with Crippen LogP contribution in [0.3, 0.4) is 0 Å². The van der Waals surface area contributed by atoms with E-state index in [4.69, 9.17) is 0 Å². The van der Waals surface area contributed by atoms with Crippen molar-refractivity contribution in [3.8, 4) is 0 Å². The lowest BCUT2D eigenvalue weighted by molar-refractivity contribution is -0.127. The highest BCUT2D eigenvalue weighted by atomic mass is 16.1. The van der Waals surface area contributed by atoms with Gasteiger partial charge in [0.2, 0.25) is 0 Å². The Balaban J connectivity index is 1.58. The number of nitrogens with one attached hydrogen (secondary N) is 1. The number of hydrogen-bond donors (Lipinski definition) is 1. The molecule has 2 heteroatoms. The molecule has 0 aromatic carbocycles. The Morgan fingerprint density at radius 2 is 1.70 bits per heavy atom. The zero-order chi connectivity index (χ0) is 14.2. The number of piperidine rings is 1. The lowest BCUT2D eigenvalue weighted by Gasteiger charge is -2.39. The first-order valence-corrected chi connectivity index (χ1v) is 9.10. The predicted octanol–water partition coefficient (Wildman–Crippen LogP) is 4.62. The van der Waals surface area contributed by atoms with Crippen LogP contribution in [0.25, 0.3) is 0 Å². The Kier molecular flexibility index (Phi) is 7.06. The molecule has 0 radical (unpaired) electrons. The standard InChI is InChI=1S/C18H33NO/c1-2-3-4-5-6-7-8-11-15-14-18(20)16-12-9-10-13-17(16)19-15/h15-17,19H,2-14H2,1H3. The third kappa shape index (κ3) is 4.87. The van der Waals surface area contributed by atoms with Crippen LogP contribution < -0.4 is 5.32 Å². The second-order valence-electron chi connectivity index (χ2n) is 6.94. The van der Waals surface area contributed by atoms with E-state index in [0.29, 0.717) is 23.8 Å². The van der Waals surface area contributed by atoms with Crippen molar-refractivity contribution in [3.05, 3.63) is 0 Å². The Labute approximate surface area is 125 Å². The van der Waals surface area contributed by atoms with Crippen LogP contribution in [0.15, 0.2) is 0 Å². The molecule has 2 aliphatic rings. The molecule has 1 saturated carbocycles. The lowest BCUT2D eigenvalue weighted by Crippen LogP contribution is -2.53. The van der Waals surface area contributed by atoms with Gasteiger partial charge in [-0.1, -0.05) is 64.7 Å². The third-order valence-corrected chi connectivity index (χ3v) is 5.23. The summed E-state index contributed by atoms with van der Waals surface area (Å²) in [4.78, 5) is 12.2. The predicted molar refractivity (Wildman–Crippen MR) is 84.9 cm³/mol. The third-order valence-electron chi connectivity index (χ3n) is 5.23. The van der Waals surface area contributed by atoms with Crippen LogP contribution in [0.4, 0.5) is 0 Å². The van der Waals surface area contributed by atoms with Crippen molar-refractivity contribution in [1.82, 2.24) is 5.32 Å². The van der Waals surface area contributed by atoms with E-state index in [1.165, 1.54) is 70.6 Å². The van der Waals surface area contributed by atoms with Gasteiger partial charge in [0, 0.05) is 24.4 Å². The first-order chi connectivity index (χ1) is 9.81. The van der Waals surface area contributed by atoms with E-state index in [2.05, 4.69) is 12.2 Å². The van der Waals surface area contributed by atoms with E-state index >= 15 is 0 Å². The van der Waals surface area contributed by atoms with Crippen molar-refractivity contribution in [2.45, 2.75) is 102 Å². The maximum absolute atomic E-state index is 12.2. The minimum absolute atomic E-state index is 0.356. The molecule has 0 spiro atoms. The number of fused-ring (bicyclic) bond motifs is 1. The summed E-state index contributed by atoms with van der Waals surface area (Å²) in [7, 11) is 0. The largest absolute Gasteiger partial charge is 0.310 e. The Morgan fingerprint density at radius 3 is 2.50 bits per heavy atom. The number of carbonyl (C=O) groups is 1. The monoisotopic (exact) mass is 279 g/mol. The molecule has 0 amide bonds. The Hall–Kier alpha value is -0.370. The van der Waals surface area contributed by atoms with E-state index in [1.807, 2.05) is 0 Å². The molecular formula is C18H33NO. The van der Waals surface area contributed by atoms with Gasteiger partial charge in [0.05, 0.1) is 0 Å². The molecule has 2 nitrogen and oxygen atoms in total. The molecule has 116 valence electrons. The molecule has 0 bridgehead atoms. The number of rotatable bonds is 8. The molecule has 1 saturated heterocycles. The smallest absolute Gasteiger partial charge is 0.139 e. The normalized spacial score (nSPS) is 30.2. The summed E-state index contributed by atoms with van der Waals surface area (Å²) >= 11 is 0. The topological polar surface area (TPSA) is 29.1 Å². The molecule has 1 aliphatic carbocycles. The summed E-state index contributed by atoms with van der Waals surface area (Å²) in [5.41, 5.74) is 0. The van der Waals surface area contributed by atoms with Gasteiger partial charge < -0.3 is 5.32 Å². The molecule has 1 N–H and O–H groups in total. The van der Waals surface area contributed by atoms with Gasteiger partial charge in [-0.3, -0.25) is 4.79 Å². The van der Waals surface area contributed by atoms with Gasteiger partial charge in [0.15, 0.2) is 0 Å². The van der Waals surface area contributed by atoms with Crippen LogP contribution in [0.2, 0.25) is 0 Å². The molecule has 0 aromatic rings. The summed E-state index contributed by atoms with van der Waals surface area (Å²) < 4.78 is 0. The zero-order valence-electron chi connectivity index (χ0n) is 13.3.